The summed E-state index contributed by atoms with van der Waals surface area (Å²) in [7, 11) is 3.12. The number of carbonyl (C=O) groups is 2. The molecule has 0 saturated carbocycles. The second kappa shape index (κ2) is 7.19. The van der Waals surface area contributed by atoms with E-state index in [0.29, 0.717) is 43.0 Å². The van der Waals surface area contributed by atoms with Crippen LogP contribution in [0.15, 0.2) is 48.5 Å². The summed E-state index contributed by atoms with van der Waals surface area (Å²) >= 11 is 0. The third kappa shape index (κ3) is 2.99. The number of piperidine rings is 1. The maximum atomic E-state index is 13.0. The molecule has 0 unspecified atom stereocenters. The summed E-state index contributed by atoms with van der Waals surface area (Å²) in [6.07, 6.45) is 1.39. The first-order valence-corrected chi connectivity index (χ1v) is 9.46. The fraction of sp³-hybridized carbons (Fsp3) is 0.364. The number of nitrogens with zero attached hydrogens (tertiary/aromatic N) is 2. The number of β-lactam (4-membered cyclic amide) rings is 1. The van der Waals surface area contributed by atoms with Gasteiger partial charge in [-0.3, -0.25) is 9.59 Å². The lowest BCUT2D eigenvalue weighted by Gasteiger charge is -2.52. The Morgan fingerprint density at radius 1 is 1.00 bits per heavy atom. The molecule has 0 atom stereocenters. The predicted octanol–water partition coefficient (Wildman–Crippen LogP) is 2.97. The van der Waals surface area contributed by atoms with Crippen LogP contribution >= 0.6 is 0 Å². The number of amides is 2. The molecule has 0 N–H and O–H groups in total. The van der Waals surface area contributed by atoms with Gasteiger partial charge in [-0.05, 0) is 37.1 Å². The predicted molar refractivity (Wildman–Crippen MR) is 106 cm³/mol. The van der Waals surface area contributed by atoms with E-state index < -0.39 is 0 Å². The molecule has 28 heavy (non-hydrogen) atoms. The van der Waals surface area contributed by atoms with Crippen LogP contribution in [0.1, 0.15) is 23.2 Å². The van der Waals surface area contributed by atoms with Crippen molar-refractivity contribution in [2.24, 2.45) is 5.41 Å². The van der Waals surface area contributed by atoms with E-state index in [0.717, 1.165) is 12.2 Å². The van der Waals surface area contributed by atoms with Crippen LogP contribution in [0.4, 0.5) is 5.69 Å². The molecule has 6 nitrogen and oxygen atoms in total. The van der Waals surface area contributed by atoms with E-state index in [2.05, 4.69) is 0 Å². The topological polar surface area (TPSA) is 59.1 Å². The molecule has 2 heterocycles. The zero-order valence-electron chi connectivity index (χ0n) is 16.2. The maximum absolute atomic E-state index is 13.0. The van der Waals surface area contributed by atoms with E-state index in [1.54, 1.807) is 32.4 Å². The van der Waals surface area contributed by atoms with Gasteiger partial charge < -0.3 is 19.3 Å². The SMILES string of the molecule is COc1ccc(C(=O)N2CCC3(CC2)CN(c2ccccc2)C3=O)c(OC)c1. The smallest absolute Gasteiger partial charge is 0.257 e. The largest absolute Gasteiger partial charge is 0.497 e. The molecule has 0 bridgehead atoms. The fourth-order valence-corrected chi connectivity index (χ4v) is 4.11. The number of methoxy groups -OCH3 is 2. The number of hydrogen-bond acceptors (Lipinski definition) is 4. The summed E-state index contributed by atoms with van der Waals surface area (Å²) in [5, 5.41) is 0. The standard InChI is InChI=1S/C22H24N2O4/c1-27-17-8-9-18(19(14-17)28-2)20(25)23-12-10-22(11-13-23)15-24(21(22)26)16-6-4-3-5-7-16/h3-9,14H,10-13,15H2,1-2H3. The van der Waals surface area contributed by atoms with Gasteiger partial charge >= 0.3 is 0 Å². The van der Waals surface area contributed by atoms with Crippen molar-refractivity contribution in [3.05, 3.63) is 54.1 Å². The Morgan fingerprint density at radius 3 is 2.32 bits per heavy atom. The van der Waals surface area contributed by atoms with Crippen molar-refractivity contribution in [3.8, 4) is 11.5 Å². The van der Waals surface area contributed by atoms with Crippen LogP contribution in [0.25, 0.3) is 0 Å². The molecule has 0 aliphatic carbocycles. The average Bonchev–Trinajstić information content (AvgIpc) is 2.77. The Balaban J connectivity index is 1.42. The van der Waals surface area contributed by atoms with Crippen LogP contribution < -0.4 is 14.4 Å². The molecule has 4 rings (SSSR count). The highest BCUT2D eigenvalue weighted by atomic mass is 16.5. The zero-order valence-corrected chi connectivity index (χ0v) is 16.2. The number of anilines is 1. The van der Waals surface area contributed by atoms with E-state index in [9.17, 15) is 9.59 Å². The molecule has 6 heteroatoms. The highest BCUT2D eigenvalue weighted by Gasteiger charge is 2.53. The molecule has 1 spiro atoms. The van der Waals surface area contributed by atoms with Gasteiger partial charge in [0.05, 0.1) is 25.2 Å². The van der Waals surface area contributed by atoms with Crippen LogP contribution in [0.5, 0.6) is 11.5 Å². The number of likely N-dealkylation sites (tertiary alicyclic amines) is 1. The Labute approximate surface area is 164 Å². The molecule has 2 saturated heterocycles. The number of rotatable bonds is 4. The molecule has 146 valence electrons. The quantitative estimate of drug-likeness (QED) is 0.765. The lowest BCUT2D eigenvalue weighted by Crippen LogP contribution is -2.65. The minimum absolute atomic E-state index is 0.0685. The van der Waals surface area contributed by atoms with E-state index in [1.165, 1.54) is 0 Å². The van der Waals surface area contributed by atoms with Crippen LogP contribution in [-0.4, -0.2) is 50.6 Å². The summed E-state index contributed by atoms with van der Waals surface area (Å²) in [6, 6.07) is 14.9. The van der Waals surface area contributed by atoms with E-state index in [1.807, 2.05) is 40.1 Å². The van der Waals surface area contributed by atoms with Gasteiger partial charge in [-0.1, -0.05) is 18.2 Å². The zero-order chi connectivity index (χ0) is 19.7. The third-order valence-electron chi connectivity index (χ3n) is 5.87. The van der Waals surface area contributed by atoms with Gasteiger partial charge in [-0.15, -0.1) is 0 Å². The van der Waals surface area contributed by atoms with Crippen LogP contribution in [0.2, 0.25) is 0 Å². The second-order valence-electron chi connectivity index (χ2n) is 7.37. The van der Waals surface area contributed by atoms with Crippen molar-refractivity contribution in [2.45, 2.75) is 12.8 Å². The summed E-state index contributed by atoms with van der Waals surface area (Å²) in [5.74, 6) is 1.25. The molecule has 2 aromatic rings. The van der Waals surface area contributed by atoms with Crippen LogP contribution in [0, 0.1) is 5.41 Å². The number of hydrogen-bond donors (Lipinski definition) is 0. The average molecular weight is 380 g/mol. The Kier molecular flexibility index (Phi) is 4.71. The molecule has 2 amide bonds. The van der Waals surface area contributed by atoms with Crippen molar-refractivity contribution >= 4 is 17.5 Å². The first kappa shape index (κ1) is 18.3. The summed E-state index contributed by atoms with van der Waals surface area (Å²) < 4.78 is 10.6. The molecule has 0 aromatic heterocycles. The second-order valence-corrected chi connectivity index (χ2v) is 7.37. The molecule has 2 fully saturated rings. The Hall–Kier alpha value is -3.02. The summed E-state index contributed by atoms with van der Waals surface area (Å²) in [4.78, 5) is 29.5. The Morgan fingerprint density at radius 2 is 1.71 bits per heavy atom. The van der Waals surface area contributed by atoms with E-state index in [-0.39, 0.29) is 17.2 Å². The van der Waals surface area contributed by atoms with Gasteiger partial charge in [-0.2, -0.15) is 0 Å². The number of ether oxygens (including phenoxy) is 2. The van der Waals surface area contributed by atoms with Gasteiger partial charge in [0.25, 0.3) is 5.91 Å². The summed E-state index contributed by atoms with van der Waals surface area (Å²) in [6.45, 7) is 1.87. The lowest BCUT2D eigenvalue weighted by atomic mass is 9.70. The van der Waals surface area contributed by atoms with Crippen molar-refractivity contribution < 1.29 is 19.1 Å². The summed E-state index contributed by atoms with van der Waals surface area (Å²) in [5.41, 5.74) is 1.14. The highest BCUT2D eigenvalue weighted by molar-refractivity contribution is 6.05. The first-order valence-electron chi connectivity index (χ1n) is 9.46. The van der Waals surface area contributed by atoms with Gasteiger partial charge in [0.2, 0.25) is 5.91 Å². The first-order chi connectivity index (χ1) is 13.6. The minimum atomic E-state index is -0.323. The third-order valence-corrected chi connectivity index (χ3v) is 5.87. The minimum Gasteiger partial charge on any atom is -0.497 e. The lowest BCUT2D eigenvalue weighted by molar-refractivity contribution is -0.138. The normalized spacial score (nSPS) is 18.0. The Bertz CT molecular complexity index is 889. The van der Waals surface area contributed by atoms with Crippen molar-refractivity contribution in [3.63, 3.8) is 0 Å². The molecule has 2 aromatic carbocycles. The van der Waals surface area contributed by atoms with Crippen molar-refractivity contribution in [1.82, 2.24) is 4.90 Å². The molecule has 2 aliphatic rings. The van der Waals surface area contributed by atoms with E-state index >= 15 is 0 Å². The number of carbonyl (C=O) groups excluding carboxylic acids is 2. The monoisotopic (exact) mass is 380 g/mol. The van der Waals surface area contributed by atoms with Crippen molar-refractivity contribution in [1.29, 1.82) is 0 Å². The molecular formula is C22H24N2O4. The van der Waals surface area contributed by atoms with Crippen molar-refractivity contribution in [2.75, 3.05) is 38.8 Å². The molecule has 2 aliphatic heterocycles. The highest BCUT2D eigenvalue weighted by Crippen LogP contribution is 2.44. The molecular weight excluding hydrogens is 356 g/mol. The number of benzene rings is 2. The van der Waals surface area contributed by atoms with Gasteiger partial charge in [0.15, 0.2) is 0 Å². The van der Waals surface area contributed by atoms with Crippen LogP contribution in [-0.2, 0) is 4.79 Å². The number of para-hydroxylation sites is 1. The van der Waals surface area contributed by atoms with Crippen LogP contribution in [0.3, 0.4) is 0 Å². The molecule has 0 radical (unpaired) electrons. The maximum Gasteiger partial charge on any atom is 0.257 e. The van der Waals surface area contributed by atoms with Gasteiger partial charge in [0.1, 0.15) is 11.5 Å². The fourth-order valence-electron chi connectivity index (χ4n) is 4.11. The van der Waals surface area contributed by atoms with Gasteiger partial charge in [0, 0.05) is 31.4 Å². The van der Waals surface area contributed by atoms with Gasteiger partial charge in [-0.25, -0.2) is 0 Å². The van der Waals surface area contributed by atoms with E-state index in [4.69, 9.17) is 9.47 Å².